The Kier molecular flexibility index (Phi) is 6.28. The number of nitrogens with one attached hydrogen (secondary N) is 2. The van der Waals surface area contributed by atoms with Gasteiger partial charge in [0.05, 0.1) is 17.8 Å². The topological polar surface area (TPSA) is 95.5 Å². The van der Waals surface area contributed by atoms with Crippen molar-refractivity contribution in [2.24, 2.45) is 5.92 Å². The summed E-state index contributed by atoms with van der Waals surface area (Å²) in [4.78, 5) is 34.5. The minimum absolute atomic E-state index is 0.131. The summed E-state index contributed by atoms with van der Waals surface area (Å²) in [6.07, 6.45) is 5.95. The molecule has 1 saturated carbocycles. The van der Waals surface area contributed by atoms with Gasteiger partial charge in [-0.15, -0.1) is 0 Å². The lowest BCUT2D eigenvalue weighted by atomic mass is 9.87. The van der Waals surface area contributed by atoms with Crippen LogP contribution in [-0.4, -0.2) is 29.4 Å². The molecule has 130 valence electrons. The third-order valence-corrected chi connectivity index (χ3v) is 4.13. The van der Waals surface area contributed by atoms with Crippen LogP contribution in [0.2, 0.25) is 0 Å². The van der Waals surface area contributed by atoms with Crippen LogP contribution in [0.4, 0.5) is 10.1 Å². The molecule has 0 bridgehead atoms. The molecule has 0 aliphatic heterocycles. The summed E-state index contributed by atoms with van der Waals surface area (Å²) >= 11 is 0. The lowest BCUT2D eigenvalue weighted by molar-refractivity contribution is -0.125. The predicted octanol–water partition coefficient (Wildman–Crippen LogP) is 2.55. The molecule has 2 amide bonds. The van der Waals surface area contributed by atoms with Gasteiger partial charge in [0.1, 0.15) is 5.82 Å². The zero-order chi connectivity index (χ0) is 17.5. The highest BCUT2D eigenvalue weighted by Gasteiger charge is 2.17. The Bertz CT molecular complexity index is 627. The van der Waals surface area contributed by atoms with E-state index in [1.165, 1.54) is 6.42 Å². The van der Waals surface area contributed by atoms with Gasteiger partial charge in [0.25, 0.3) is 0 Å². The molecule has 1 fully saturated rings. The number of amides is 2. The number of aromatic carboxylic acids is 1. The second kappa shape index (κ2) is 8.42. The van der Waals surface area contributed by atoms with Gasteiger partial charge in [-0.1, -0.05) is 19.3 Å². The highest BCUT2D eigenvalue weighted by molar-refractivity contribution is 5.96. The second-order valence-corrected chi connectivity index (χ2v) is 6.03. The van der Waals surface area contributed by atoms with Gasteiger partial charge in [-0.05, 0) is 37.0 Å². The monoisotopic (exact) mass is 336 g/mol. The minimum Gasteiger partial charge on any atom is -0.478 e. The van der Waals surface area contributed by atoms with Gasteiger partial charge in [0.2, 0.25) is 11.8 Å². The standard InChI is InChI=1S/C17H21FN2O4/c18-13-7-6-12(17(23)24)9-14(13)20-16(22)10-19-15(21)8-11-4-2-1-3-5-11/h6-7,9,11H,1-5,8,10H2,(H,19,21)(H,20,22)(H,23,24). The summed E-state index contributed by atoms with van der Waals surface area (Å²) in [7, 11) is 0. The molecular weight excluding hydrogens is 315 g/mol. The van der Waals surface area contributed by atoms with Crippen LogP contribution in [-0.2, 0) is 9.59 Å². The Morgan fingerprint density at radius 1 is 1.12 bits per heavy atom. The molecule has 6 nitrogen and oxygen atoms in total. The molecule has 1 aliphatic rings. The highest BCUT2D eigenvalue weighted by atomic mass is 19.1. The first-order chi connectivity index (χ1) is 11.5. The molecule has 1 aromatic carbocycles. The summed E-state index contributed by atoms with van der Waals surface area (Å²) in [6, 6.07) is 3.12. The average molecular weight is 336 g/mol. The van der Waals surface area contributed by atoms with Gasteiger partial charge in [-0.3, -0.25) is 9.59 Å². The lowest BCUT2D eigenvalue weighted by Gasteiger charge is -2.20. The van der Waals surface area contributed by atoms with Gasteiger partial charge in [0, 0.05) is 6.42 Å². The summed E-state index contributed by atoms with van der Waals surface area (Å²) in [5.41, 5.74) is -0.352. The third kappa shape index (κ3) is 5.33. The normalized spacial score (nSPS) is 14.9. The van der Waals surface area contributed by atoms with Crippen LogP contribution < -0.4 is 10.6 Å². The van der Waals surface area contributed by atoms with Crippen molar-refractivity contribution < 1.29 is 23.9 Å². The summed E-state index contributed by atoms with van der Waals surface area (Å²) in [5.74, 6) is -2.38. The maximum Gasteiger partial charge on any atom is 0.335 e. The molecule has 0 radical (unpaired) electrons. The fourth-order valence-corrected chi connectivity index (χ4v) is 2.85. The van der Waals surface area contributed by atoms with E-state index in [2.05, 4.69) is 10.6 Å². The van der Waals surface area contributed by atoms with Crippen LogP contribution in [0.3, 0.4) is 0 Å². The molecule has 0 aromatic heterocycles. The zero-order valence-corrected chi connectivity index (χ0v) is 13.3. The highest BCUT2D eigenvalue weighted by Crippen LogP contribution is 2.26. The summed E-state index contributed by atoms with van der Waals surface area (Å²) in [6.45, 7) is -0.276. The van der Waals surface area contributed by atoms with E-state index in [1.807, 2.05) is 0 Å². The number of carbonyl (C=O) groups is 3. The number of anilines is 1. The molecule has 7 heteroatoms. The van der Waals surface area contributed by atoms with Gasteiger partial charge < -0.3 is 15.7 Å². The van der Waals surface area contributed by atoms with Crippen molar-refractivity contribution in [1.29, 1.82) is 0 Å². The summed E-state index contributed by atoms with van der Waals surface area (Å²) < 4.78 is 13.6. The van der Waals surface area contributed by atoms with Crippen molar-refractivity contribution in [2.45, 2.75) is 38.5 Å². The number of carboxylic acids is 1. The minimum atomic E-state index is -1.22. The molecule has 2 rings (SSSR count). The Morgan fingerprint density at radius 3 is 2.50 bits per heavy atom. The van der Waals surface area contributed by atoms with E-state index in [0.29, 0.717) is 12.3 Å². The molecule has 0 heterocycles. The van der Waals surface area contributed by atoms with Gasteiger partial charge in [0.15, 0.2) is 0 Å². The maximum atomic E-state index is 13.6. The Morgan fingerprint density at radius 2 is 1.83 bits per heavy atom. The molecule has 1 aliphatic carbocycles. The Hall–Kier alpha value is -2.44. The van der Waals surface area contributed by atoms with Gasteiger partial charge in [-0.25, -0.2) is 9.18 Å². The Balaban J connectivity index is 1.81. The van der Waals surface area contributed by atoms with E-state index in [4.69, 9.17) is 5.11 Å². The maximum absolute atomic E-state index is 13.6. The fourth-order valence-electron chi connectivity index (χ4n) is 2.85. The third-order valence-electron chi connectivity index (χ3n) is 4.13. The number of rotatable bonds is 6. The first kappa shape index (κ1) is 17.9. The van der Waals surface area contributed by atoms with Crippen LogP contribution in [0, 0.1) is 11.7 Å². The summed E-state index contributed by atoms with van der Waals surface area (Å²) in [5, 5.41) is 13.7. The van der Waals surface area contributed by atoms with Crippen LogP contribution in [0.5, 0.6) is 0 Å². The molecule has 3 N–H and O–H groups in total. The average Bonchev–Trinajstić information content (AvgIpc) is 2.56. The number of carboxylic acid groups (broad SMARTS) is 1. The SMILES string of the molecule is O=C(CC1CCCCC1)NCC(=O)Nc1cc(C(=O)O)ccc1F. The van der Waals surface area contributed by atoms with Crippen LogP contribution in [0.1, 0.15) is 48.9 Å². The second-order valence-electron chi connectivity index (χ2n) is 6.03. The Labute approximate surface area is 139 Å². The van der Waals surface area contributed by atoms with Crippen molar-refractivity contribution in [3.05, 3.63) is 29.6 Å². The molecule has 0 unspecified atom stereocenters. The number of hydrogen-bond donors (Lipinski definition) is 3. The van der Waals surface area contributed by atoms with Gasteiger partial charge in [-0.2, -0.15) is 0 Å². The number of carbonyl (C=O) groups excluding carboxylic acids is 2. The predicted molar refractivity (Wildman–Crippen MR) is 86.2 cm³/mol. The fraction of sp³-hybridized carbons (Fsp3) is 0.471. The van der Waals surface area contributed by atoms with Crippen molar-refractivity contribution in [3.63, 3.8) is 0 Å². The smallest absolute Gasteiger partial charge is 0.335 e. The van der Waals surface area contributed by atoms with E-state index < -0.39 is 17.7 Å². The number of hydrogen-bond acceptors (Lipinski definition) is 3. The van der Waals surface area contributed by atoms with Crippen LogP contribution >= 0.6 is 0 Å². The van der Waals surface area contributed by atoms with E-state index in [-0.39, 0.29) is 23.7 Å². The molecule has 0 spiro atoms. The van der Waals surface area contributed by atoms with E-state index in [1.54, 1.807) is 0 Å². The van der Waals surface area contributed by atoms with Crippen molar-refractivity contribution in [2.75, 3.05) is 11.9 Å². The quantitative estimate of drug-likeness (QED) is 0.744. The van der Waals surface area contributed by atoms with Crippen molar-refractivity contribution in [1.82, 2.24) is 5.32 Å². The van der Waals surface area contributed by atoms with Crippen LogP contribution in [0.25, 0.3) is 0 Å². The van der Waals surface area contributed by atoms with Crippen LogP contribution in [0.15, 0.2) is 18.2 Å². The lowest BCUT2D eigenvalue weighted by Crippen LogP contribution is -2.34. The number of benzene rings is 1. The molecule has 1 aromatic rings. The molecule has 0 saturated heterocycles. The van der Waals surface area contributed by atoms with E-state index >= 15 is 0 Å². The molecular formula is C17H21FN2O4. The molecule has 0 atom stereocenters. The number of halogens is 1. The van der Waals surface area contributed by atoms with Crippen molar-refractivity contribution >= 4 is 23.5 Å². The van der Waals surface area contributed by atoms with E-state index in [9.17, 15) is 18.8 Å². The molecule has 24 heavy (non-hydrogen) atoms. The first-order valence-corrected chi connectivity index (χ1v) is 8.05. The largest absolute Gasteiger partial charge is 0.478 e. The van der Waals surface area contributed by atoms with E-state index in [0.717, 1.165) is 43.9 Å². The zero-order valence-electron chi connectivity index (χ0n) is 13.3. The van der Waals surface area contributed by atoms with Crippen molar-refractivity contribution in [3.8, 4) is 0 Å². The van der Waals surface area contributed by atoms with Gasteiger partial charge >= 0.3 is 5.97 Å². The first-order valence-electron chi connectivity index (χ1n) is 8.05.